The molecule has 0 saturated carbocycles. The van der Waals surface area contributed by atoms with Crippen molar-refractivity contribution in [2.24, 2.45) is 4.99 Å². The highest BCUT2D eigenvalue weighted by Gasteiger charge is 2.42. The van der Waals surface area contributed by atoms with E-state index in [1.165, 1.54) is 29.3 Å². The van der Waals surface area contributed by atoms with E-state index in [4.69, 9.17) is 21.7 Å². The van der Waals surface area contributed by atoms with E-state index in [1.54, 1.807) is 13.1 Å². The average Bonchev–Trinajstić information content (AvgIpc) is 3.29. The highest BCUT2D eigenvalue weighted by molar-refractivity contribution is 6.39. The second-order valence-electron chi connectivity index (χ2n) is 9.68. The molecule has 1 aromatic carbocycles. The lowest BCUT2D eigenvalue weighted by Crippen LogP contribution is -2.48. The number of nitrogens with one attached hydrogen (secondary N) is 2. The van der Waals surface area contributed by atoms with Gasteiger partial charge in [0.1, 0.15) is 23.5 Å². The van der Waals surface area contributed by atoms with Crippen molar-refractivity contribution in [2.75, 3.05) is 19.6 Å². The van der Waals surface area contributed by atoms with Gasteiger partial charge in [0, 0.05) is 42.7 Å². The molecule has 1 amide bonds. The van der Waals surface area contributed by atoms with Gasteiger partial charge in [0.15, 0.2) is 0 Å². The molecular formula is C25H29ClFN5O3. The van der Waals surface area contributed by atoms with E-state index >= 15 is 0 Å². The van der Waals surface area contributed by atoms with Gasteiger partial charge in [-0.3, -0.25) is 9.69 Å². The number of rotatable bonds is 5. The predicted octanol–water partition coefficient (Wildman–Crippen LogP) is 3.02. The van der Waals surface area contributed by atoms with Crippen LogP contribution in [-0.2, 0) is 0 Å². The Labute approximate surface area is 208 Å². The molecule has 8 nitrogen and oxygen atoms in total. The minimum absolute atomic E-state index is 0.127. The van der Waals surface area contributed by atoms with Gasteiger partial charge in [-0.15, -0.1) is 0 Å². The summed E-state index contributed by atoms with van der Waals surface area (Å²) < 4.78 is 20.5. The third-order valence-electron chi connectivity index (χ3n) is 7.08. The van der Waals surface area contributed by atoms with E-state index < -0.39 is 5.82 Å². The van der Waals surface area contributed by atoms with Gasteiger partial charge in [-0.05, 0) is 44.7 Å². The van der Waals surface area contributed by atoms with Gasteiger partial charge in [0.2, 0.25) is 0 Å². The van der Waals surface area contributed by atoms with E-state index in [1.807, 2.05) is 0 Å². The van der Waals surface area contributed by atoms with Crippen LogP contribution in [0.3, 0.4) is 0 Å². The van der Waals surface area contributed by atoms with Crippen LogP contribution in [0, 0.1) is 11.2 Å². The maximum absolute atomic E-state index is 14.2. The maximum Gasteiger partial charge on any atom is 0.258 e. The predicted molar refractivity (Wildman–Crippen MR) is 131 cm³/mol. The molecule has 4 heterocycles. The summed E-state index contributed by atoms with van der Waals surface area (Å²) in [5, 5.41) is 21.6. The summed E-state index contributed by atoms with van der Waals surface area (Å²) in [5.74, 6) is -0.0556. The number of ether oxygens (including phenoxy) is 1. The molecule has 3 fully saturated rings. The minimum Gasteiger partial charge on any atom is -0.489 e. The Bertz CT molecular complexity index is 1120. The molecule has 3 N–H and O–H groups in total. The van der Waals surface area contributed by atoms with Crippen molar-refractivity contribution in [3.8, 4) is 5.75 Å². The van der Waals surface area contributed by atoms with Gasteiger partial charge < -0.3 is 25.5 Å². The van der Waals surface area contributed by atoms with Crippen molar-refractivity contribution in [2.45, 2.75) is 56.9 Å². The first-order valence-corrected chi connectivity index (χ1v) is 12.3. The summed E-state index contributed by atoms with van der Waals surface area (Å²) in [5.41, 5.74) is 1.19. The molecule has 1 unspecified atom stereocenters. The monoisotopic (exact) mass is 501 g/mol. The van der Waals surface area contributed by atoms with Gasteiger partial charge >= 0.3 is 0 Å². The molecule has 1 aromatic rings. The van der Waals surface area contributed by atoms with Gasteiger partial charge in [0.05, 0.1) is 35.5 Å². The maximum atomic E-state index is 14.2. The number of aliphatic hydroxyl groups is 1. The number of piperidine rings is 1. The SMILES string of the molecule is CC(O)CN1[C@@H]2CC[C@H]1C[C@@H](Oc1cc(F)ccc1C(=O)N1CC(=N)/C(=C3/N=CC(Cl)=CN3)C1)C2. The third kappa shape index (κ3) is 4.98. The molecule has 3 saturated heterocycles. The second-order valence-corrected chi connectivity index (χ2v) is 10.1. The summed E-state index contributed by atoms with van der Waals surface area (Å²) in [7, 11) is 0. The molecule has 0 radical (unpaired) electrons. The zero-order chi connectivity index (χ0) is 24.7. The van der Waals surface area contributed by atoms with Crippen molar-refractivity contribution in [3.05, 3.63) is 52.2 Å². The zero-order valence-electron chi connectivity index (χ0n) is 19.5. The van der Waals surface area contributed by atoms with Gasteiger partial charge in [-0.1, -0.05) is 11.6 Å². The summed E-state index contributed by atoms with van der Waals surface area (Å²) in [6, 6.07) is 4.63. The van der Waals surface area contributed by atoms with Crippen molar-refractivity contribution < 1.29 is 19.0 Å². The third-order valence-corrected chi connectivity index (χ3v) is 7.29. The Kier molecular flexibility index (Phi) is 6.65. The topological polar surface area (TPSA) is 101 Å². The molecule has 0 aliphatic carbocycles. The van der Waals surface area contributed by atoms with E-state index in [0.29, 0.717) is 35.1 Å². The molecule has 35 heavy (non-hydrogen) atoms. The van der Waals surface area contributed by atoms with Crippen LogP contribution >= 0.6 is 11.6 Å². The number of hydrogen-bond acceptors (Lipinski definition) is 7. The number of likely N-dealkylation sites (tertiary alicyclic amines) is 1. The van der Waals surface area contributed by atoms with Crippen molar-refractivity contribution in [1.29, 1.82) is 5.41 Å². The Hall–Kier alpha value is -2.75. The lowest BCUT2D eigenvalue weighted by atomic mass is 9.99. The van der Waals surface area contributed by atoms with Gasteiger partial charge in [0.25, 0.3) is 5.91 Å². The number of fused-ring (bicyclic) bond motifs is 2. The van der Waals surface area contributed by atoms with Crippen LogP contribution in [0.1, 0.15) is 43.0 Å². The van der Waals surface area contributed by atoms with Gasteiger partial charge in [-0.2, -0.15) is 0 Å². The van der Waals surface area contributed by atoms with Crippen LogP contribution in [0.15, 0.2) is 45.8 Å². The van der Waals surface area contributed by atoms with Crippen molar-refractivity contribution in [3.63, 3.8) is 0 Å². The number of hydrogen-bond donors (Lipinski definition) is 3. The van der Waals surface area contributed by atoms with E-state index in [2.05, 4.69) is 15.2 Å². The van der Waals surface area contributed by atoms with E-state index in [-0.39, 0.29) is 48.2 Å². The van der Waals surface area contributed by atoms with E-state index in [0.717, 1.165) is 25.7 Å². The molecule has 4 atom stereocenters. The zero-order valence-corrected chi connectivity index (χ0v) is 20.3. The lowest BCUT2D eigenvalue weighted by Gasteiger charge is -2.39. The number of amides is 1. The van der Waals surface area contributed by atoms with Gasteiger partial charge in [-0.25, -0.2) is 9.38 Å². The minimum atomic E-state index is -0.465. The largest absolute Gasteiger partial charge is 0.489 e. The van der Waals surface area contributed by atoms with Crippen LogP contribution in [0.4, 0.5) is 4.39 Å². The smallest absolute Gasteiger partial charge is 0.258 e. The number of halogens is 2. The fraction of sp³-hybridized carbons (Fsp3) is 0.480. The normalized spacial score (nSPS) is 29.3. The average molecular weight is 502 g/mol. The van der Waals surface area contributed by atoms with E-state index in [9.17, 15) is 14.3 Å². The lowest BCUT2D eigenvalue weighted by molar-refractivity contribution is 0.0215. The van der Waals surface area contributed by atoms with Crippen LogP contribution in [0.25, 0.3) is 0 Å². The summed E-state index contributed by atoms with van der Waals surface area (Å²) >= 11 is 5.90. The molecule has 4 aliphatic rings. The Balaban J connectivity index is 1.32. The highest BCUT2D eigenvalue weighted by atomic mass is 35.5. The summed E-state index contributed by atoms with van der Waals surface area (Å²) in [4.78, 5) is 21.6. The van der Waals surface area contributed by atoms with Crippen LogP contribution < -0.4 is 10.1 Å². The molecule has 186 valence electrons. The first-order chi connectivity index (χ1) is 16.8. The van der Waals surface area contributed by atoms with Crippen LogP contribution in [0.5, 0.6) is 5.75 Å². The summed E-state index contributed by atoms with van der Waals surface area (Å²) in [6.45, 7) is 2.78. The quantitative estimate of drug-likeness (QED) is 0.575. The fourth-order valence-electron chi connectivity index (χ4n) is 5.54. The second kappa shape index (κ2) is 9.72. The number of aliphatic hydroxyl groups excluding tert-OH is 1. The Morgan fingerprint density at radius 1 is 1.34 bits per heavy atom. The van der Waals surface area contributed by atoms with Crippen LogP contribution in [0.2, 0.25) is 0 Å². The number of aliphatic imine (C=N–C) groups is 1. The van der Waals surface area contributed by atoms with Crippen molar-refractivity contribution in [1.82, 2.24) is 15.1 Å². The highest BCUT2D eigenvalue weighted by Crippen LogP contribution is 2.38. The first-order valence-electron chi connectivity index (χ1n) is 11.9. The molecule has 2 bridgehead atoms. The first kappa shape index (κ1) is 24.0. The molecule has 10 heteroatoms. The van der Waals surface area contributed by atoms with Crippen LogP contribution in [-0.4, -0.2) is 76.7 Å². The number of nitrogens with zero attached hydrogens (tertiary/aromatic N) is 3. The molecular weight excluding hydrogens is 473 g/mol. The molecule has 0 spiro atoms. The number of allylic oxidation sites excluding steroid dienone is 1. The standard InChI is InChI=1S/C25H29ClFN5O3/c1-14(33)11-32-17-3-4-18(32)8-19(7-17)35-23-6-16(27)2-5-20(23)25(34)31-12-21(22(28)13-31)24-29-9-15(26)10-30-24/h2,5-6,9-10,14,17-19,28-29,33H,3-4,7-8,11-13H2,1H3/b24-21+,28-22?/t14?,17-,18+,19+. The Morgan fingerprint density at radius 2 is 2.09 bits per heavy atom. The fourth-order valence-corrected chi connectivity index (χ4v) is 5.64. The number of carbonyl (C=O) groups is 1. The molecule has 4 aliphatic heterocycles. The van der Waals surface area contributed by atoms with Crippen molar-refractivity contribution >= 4 is 29.4 Å². The molecule has 0 aromatic heterocycles. The number of benzene rings is 1. The summed E-state index contributed by atoms with van der Waals surface area (Å²) in [6.07, 6.45) is 6.22. The molecule has 5 rings (SSSR count). The Morgan fingerprint density at radius 3 is 2.74 bits per heavy atom. The number of carbonyl (C=O) groups excluding carboxylic acids is 1.